The summed E-state index contributed by atoms with van der Waals surface area (Å²) in [5.41, 5.74) is 4.41. The molecule has 0 radical (unpaired) electrons. The summed E-state index contributed by atoms with van der Waals surface area (Å²) in [5.74, 6) is 0.924. The first-order valence-electron chi connectivity index (χ1n) is 6.41. The Hall–Kier alpha value is -1.37. The molecule has 1 aliphatic rings. The van der Waals surface area contributed by atoms with E-state index in [9.17, 15) is 4.79 Å². The number of rotatable bonds is 3. The van der Waals surface area contributed by atoms with Crippen LogP contribution in [0.5, 0.6) is 0 Å². The first kappa shape index (κ1) is 12.1. The number of Topliss-reactive ketones (excluding diaryl/α,β-unsaturated/α-hetero) is 1. The van der Waals surface area contributed by atoms with Gasteiger partial charge in [0.25, 0.3) is 0 Å². The van der Waals surface area contributed by atoms with Gasteiger partial charge in [-0.25, -0.2) is 0 Å². The fourth-order valence-electron chi connectivity index (χ4n) is 2.36. The fraction of sp³-hybridized carbons (Fsp3) is 0.438. The zero-order valence-corrected chi connectivity index (χ0v) is 10.9. The summed E-state index contributed by atoms with van der Waals surface area (Å²) >= 11 is 0. The van der Waals surface area contributed by atoms with Crippen LogP contribution in [0.25, 0.3) is 0 Å². The highest BCUT2D eigenvalue weighted by Gasteiger charge is 2.22. The van der Waals surface area contributed by atoms with Crippen molar-refractivity contribution in [3.63, 3.8) is 0 Å². The summed E-state index contributed by atoms with van der Waals surface area (Å²) in [6, 6.07) is 7.99. The summed E-state index contributed by atoms with van der Waals surface area (Å²) in [4.78, 5) is 12.2. The van der Waals surface area contributed by atoms with Gasteiger partial charge in [0.2, 0.25) is 0 Å². The lowest BCUT2D eigenvalue weighted by Crippen LogP contribution is -2.15. The van der Waals surface area contributed by atoms with E-state index in [0.29, 0.717) is 5.92 Å². The molecule has 1 nitrogen and oxygen atoms in total. The summed E-state index contributed by atoms with van der Waals surface area (Å²) in [7, 11) is 0. The minimum atomic E-state index is 0.227. The minimum absolute atomic E-state index is 0.227. The molecule has 17 heavy (non-hydrogen) atoms. The number of hydrogen-bond donors (Lipinski definition) is 0. The van der Waals surface area contributed by atoms with E-state index in [0.717, 1.165) is 24.0 Å². The van der Waals surface area contributed by atoms with Crippen molar-refractivity contribution < 1.29 is 4.79 Å². The average Bonchev–Trinajstić information content (AvgIpc) is 2.32. The van der Waals surface area contributed by atoms with E-state index in [-0.39, 0.29) is 5.78 Å². The Balaban J connectivity index is 2.25. The van der Waals surface area contributed by atoms with Crippen LogP contribution >= 0.6 is 0 Å². The summed E-state index contributed by atoms with van der Waals surface area (Å²) in [5, 5.41) is 0. The first-order chi connectivity index (χ1) is 8.09. The van der Waals surface area contributed by atoms with Crippen LogP contribution in [0.2, 0.25) is 0 Å². The van der Waals surface area contributed by atoms with Gasteiger partial charge >= 0.3 is 0 Å². The number of hydrogen-bond acceptors (Lipinski definition) is 1. The van der Waals surface area contributed by atoms with E-state index in [1.54, 1.807) is 0 Å². The number of carbonyl (C=O) groups is 1. The molecule has 0 unspecified atom stereocenters. The van der Waals surface area contributed by atoms with Crippen molar-refractivity contribution in [1.82, 2.24) is 0 Å². The minimum Gasteiger partial charge on any atom is -0.289 e. The second-order valence-electron chi connectivity index (χ2n) is 5.32. The van der Waals surface area contributed by atoms with Crippen LogP contribution in [0.1, 0.15) is 49.5 Å². The molecule has 0 aliphatic heterocycles. The number of ketones is 1. The van der Waals surface area contributed by atoms with E-state index >= 15 is 0 Å². The van der Waals surface area contributed by atoms with Crippen molar-refractivity contribution in [1.29, 1.82) is 0 Å². The zero-order valence-electron chi connectivity index (χ0n) is 10.9. The molecule has 0 heterocycles. The van der Waals surface area contributed by atoms with Gasteiger partial charge in [0.05, 0.1) is 0 Å². The first-order valence-corrected chi connectivity index (χ1v) is 6.41. The molecule has 2 rings (SSSR count). The summed E-state index contributed by atoms with van der Waals surface area (Å²) < 4.78 is 0. The number of benzene rings is 1. The molecule has 1 aliphatic carbocycles. The highest BCUT2D eigenvalue weighted by molar-refractivity contribution is 6.11. The molecule has 1 aromatic rings. The van der Waals surface area contributed by atoms with Crippen LogP contribution in [0.4, 0.5) is 0 Å². The van der Waals surface area contributed by atoms with Crippen LogP contribution in [-0.2, 0) is 6.42 Å². The summed E-state index contributed by atoms with van der Waals surface area (Å²) in [6.07, 6.45) is 3.19. The molecule has 0 fully saturated rings. The third kappa shape index (κ3) is 2.49. The highest BCUT2D eigenvalue weighted by Crippen LogP contribution is 2.29. The van der Waals surface area contributed by atoms with Crippen LogP contribution in [0.15, 0.2) is 35.4 Å². The maximum atomic E-state index is 12.2. The van der Waals surface area contributed by atoms with Crippen molar-refractivity contribution in [2.75, 3.05) is 0 Å². The molecule has 0 bridgehead atoms. The van der Waals surface area contributed by atoms with E-state index < -0.39 is 0 Å². The average molecular weight is 228 g/mol. The van der Waals surface area contributed by atoms with Crippen molar-refractivity contribution in [2.45, 2.75) is 40.0 Å². The largest absolute Gasteiger partial charge is 0.289 e. The van der Waals surface area contributed by atoms with Crippen molar-refractivity contribution >= 4 is 5.78 Å². The Kier molecular flexibility index (Phi) is 3.46. The van der Waals surface area contributed by atoms with Crippen LogP contribution in [-0.4, -0.2) is 5.78 Å². The van der Waals surface area contributed by atoms with Gasteiger partial charge in [0.15, 0.2) is 5.78 Å². The molecule has 0 N–H and O–H groups in total. The quantitative estimate of drug-likeness (QED) is 0.758. The molecule has 0 saturated carbocycles. The molecule has 0 saturated heterocycles. The highest BCUT2D eigenvalue weighted by atomic mass is 16.1. The predicted octanol–water partition coefficient (Wildman–Crippen LogP) is 4.18. The number of allylic oxidation sites excluding steroid dienone is 2. The van der Waals surface area contributed by atoms with Gasteiger partial charge in [0.1, 0.15) is 0 Å². The standard InChI is InChI=1S/C16H20O/c1-11(2)8-9-13-10-14-6-4-5-7-15(14)16(17)12(13)3/h4-7,11H,8-10H2,1-3H3. The Morgan fingerprint density at radius 1 is 1.24 bits per heavy atom. The molecular weight excluding hydrogens is 208 g/mol. The van der Waals surface area contributed by atoms with Crippen LogP contribution < -0.4 is 0 Å². The van der Waals surface area contributed by atoms with Crippen molar-refractivity contribution in [3.8, 4) is 0 Å². The van der Waals surface area contributed by atoms with Gasteiger partial charge in [-0.2, -0.15) is 0 Å². The Morgan fingerprint density at radius 3 is 2.65 bits per heavy atom. The van der Waals surface area contributed by atoms with E-state index in [1.807, 2.05) is 25.1 Å². The van der Waals surface area contributed by atoms with Gasteiger partial charge in [-0.3, -0.25) is 4.79 Å². The van der Waals surface area contributed by atoms with Crippen LogP contribution in [0, 0.1) is 5.92 Å². The van der Waals surface area contributed by atoms with E-state index in [2.05, 4.69) is 19.9 Å². The molecule has 0 spiro atoms. The number of carbonyl (C=O) groups excluding carboxylic acids is 1. The maximum absolute atomic E-state index is 12.2. The van der Waals surface area contributed by atoms with Gasteiger partial charge in [-0.15, -0.1) is 0 Å². The molecule has 1 aromatic carbocycles. The normalized spacial score (nSPS) is 15.4. The number of fused-ring (bicyclic) bond motifs is 1. The fourth-order valence-corrected chi connectivity index (χ4v) is 2.36. The van der Waals surface area contributed by atoms with Gasteiger partial charge in [0, 0.05) is 5.56 Å². The van der Waals surface area contributed by atoms with Crippen molar-refractivity contribution in [3.05, 3.63) is 46.5 Å². The maximum Gasteiger partial charge on any atom is 0.188 e. The van der Waals surface area contributed by atoms with Gasteiger partial charge in [-0.1, -0.05) is 43.7 Å². The lowest BCUT2D eigenvalue weighted by atomic mass is 9.83. The lowest BCUT2D eigenvalue weighted by molar-refractivity contribution is 0.102. The Morgan fingerprint density at radius 2 is 1.94 bits per heavy atom. The predicted molar refractivity (Wildman–Crippen MR) is 71.2 cm³/mol. The molecule has 90 valence electrons. The second-order valence-corrected chi connectivity index (χ2v) is 5.32. The molecule has 0 atom stereocenters. The third-order valence-corrected chi connectivity index (χ3v) is 3.56. The SMILES string of the molecule is CC1=C(CCC(C)C)Cc2ccccc2C1=O. The van der Waals surface area contributed by atoms with Crippen LogP contribution in [0.3, 0.4) is 0 Å². The molecule has 0 amide bonds. The van der Waals surface area contributed by atoms with E-state index in [1.165, 1.54) is 17.6 Å². The zero-order chi connectivity index (χ0) is 12.4. The van der Waals surface area contributed by atoms with Gasteiger partial charge < -0.3 is 0 Å². The molecule has 1 heteroatoms. The van der Waals surface area contributed by atoms with E-state index in [4.69, 9.17) is 0 Å². The molecular formula is C16H20O. The summed E-state index contributed by atoms with van der Waals surface area (Å²) in [6.45, 7) is 6.44. The van der Waals surface area contributed by atoms with Gasteiger partial charge in [-0.05, 0) is 43.2 Å². The Bertz CT molecular complexity index is 466. The van der Waals surface area contributed by atoms with Crippen molar-refractivity contribution in [2.24, 2.45) is 5.92 Å². The monoisotopic (exact) mass is 228 g/mol. The Labute approximate surface area is 104 Å². The third-order valence-electron chi connectivity index (χ3n) is 3.56. The lowest BCUT2D eigenvalue weighted by Gasteiger charge is -2.20. The molecule has 0 aromatic heterocycles. The topological polar surface area (TPSA) is 17.1 Å². The second kappa shape index (κ2) is 4.87. The smallest absolute Gasteiger partial charge is 0.188 e.